The summed E-state index contributed by atoms with van der Waals surface area (Å²) in [4.78, 5) is 27.2. The number of carbonyl (C=O) groups is 2. The van der Waals surface area contributed by atoms with Crippen LogP contribution in [0, 0.1) is 5.92 Å². The first-order valence-corrected chi connectivity index (χ1v) is 7.50. The molecule has 2 atom stereocenters. The Morgan fingerprint density at radius 1 is 1.05 bits per heavy atom. The van der Waals surface area contributed by atoms with Crippen LogP contribution in [0.15, 0.2) is 0 Å². The maximum absolute atomic E-state index is 12.3. The molecule has 0 aromatic carbocycles. The van der Waals surface area contributed by atoms with Gasteiger partial charge in [0.2, 0.25) is 5.91 Å². The SMILES string of the molecule is O=C(O)C1CCN(C(=O)CN2CC3CCC(C2)O3)CC1. The van der Waals surface area contributed by atoms with Gasteiger partial charge in [-0.1, -0.05) is 0 Å². The number of nitrogens with zero attached hydrogens (tertiary/aromatic N) is 2. The topological polar surface area (TPSA) is 70.1 Å². The molecule has 3 fully saturated rings. The number of ether oxygens (including phenoxy) is 1. The summed E-state index contributed by atoms with van der Waals surface area (Å²) in [5.74, 6) is -0.879. The fourth-order valence-electron chi connectivity index (χ4n) is 3.50. The van der Waals surface area contributed by atoms with Gasteiger partial charge >= 0.3 is 5.97 Å². The van der Waals surface area contributed by atoms with Crippen LogP contribution in [0.4, 0.5) is 0 Å². The first kappa shape index (κ1) is 13.8. The number of piperidine rings is 1. The predicted octanol–water partition coefficient (Wildman–Crippen LogP) is 0.173. The fourth-order valence-corrected chi connectivity index (χ4v) is 3.50. The van der Waals surface area contributed by atoms with Crippen molar-refractivity contribution in [2.75, 3.05) is 32.7 Å². The highest BCUT2D eigenvalue weighted by atomic mass is 16.5. The maximum Gasteiger partial charge on any atom is 0.306 e. The first-order valence-electron chi connectivity index (χ1n) is 7.50. The van der Waals surface area contributed by atoms with Crippen LogP contribution in [0.2, 0.25) is 0 Å². The molecule has 0 radical (unpaired) electrons. The molecule has 3 aliphatic heterocycles. The average Bonchev–Trinajstić information content (AvgIpc) is 2.78. The normalized spacial score (nSPS) is 31.5. The third-order valence-corrected chi connectivity index (χ3v) is 4.67. The smallest absolute Gasteiger partial charge is 0.306 e. The minimum Gasteiger partial charge on any atom is -0.481 e. The average molecular weight is 282 g/mol. The van der Waals surface area contributed by atoms with Gasteiger partial charge in [-0.15, -0.1) is 0 Å². The molecule has 3 rings (SSSR count). The number of hydrogen-bond acceptors (Lipinski definition) is 4. The fraction of sp³-hybridized carbons (Fsp3) is 0.857. The Morgan fingerprint density at radius 2 is 1.65 bits per heavy atom. The van der Waals surface area contributed by atoms with Crippen molar-refractivity contribution in [1.29, 1.82) is 0 Å². The van der Waals surface area contributed by atoms with Gasteiger partial charge in [-0.25, -0.2) is 0 Å². The van der Waals surface area contributed by atoms with Crippen LogP contribution in [-0.2, 0) is 14.3 Å². The van der Waals surface area contributed by atoms with E-state index in [1.165, 1.54) is 0 Å². The van der Waals surface area contributed by atoms with Gasteiger partial charge in [0.15, 0.2) is 0 Å². The number of fused-ring (bicyclic) bond motifs is 2. The van der Waals surface area contributed by atoms with E-state index in [1.807, 2.05) is 4.90 Å². The van der Waals surface area contributed by atoms with Crippen molar-refractivity contribution in [2.45, 2.75) is 37.9 Å². The lowest BCUT2D eigenvalue weighted by atomic mass is 9.97. The second-order valence-electron chi connectivity index (χ2n) is 6.14. The lowest BCUT2D eigenvalue weighted by Crippen LogP contribution is -2.49. The molecule has 0 saturated carbocycles. The summed E-state index contributed by atoms with van der Waals surface area (Å²) in [5, 5.41) is 8.96. The van der Waals surface area contributed by atoms with Crippen LogP contribution in [0.3, 0.4) is 0 Å². The van der Waals surface area contributed by atoms with Crippen molar-refractivity contribution in [3.63, 3.8) is 0 Å². The highest BCUT2D eigenvalue weighted by Crippen LogP contribution is 2.26. The molecule has 20 heavy (non-hydrogen) atoms. The number of morpholine rings is 1. The molecule has 6 heteroatoms. The molecule has 0 aromatic heterocycles. The predicted molar refractivity (Wildman–Crippen MR) is 71.3 cm³/mol. The van der Waals surface area contributed by atoms with Gasteiger partial charge in [0.25, 0.3) is 0 Å². The molecule has 6 nitrogen and oxygen atoms in total. The Bertz CT molecular complexity index is 381. The molecule has 2 bridgehead atoms. The Morgan fingerprint density at radius 3 is 2.20 bits per heavy atom. The van der Waals surface area contributed by atoms with Crippen molar-refractivity contribution in [3.05, 3.63) is 0 Å². The largest absolute Gasteiger partial charge is 0.481 e. The van der Waals surface area contributed by atoms with Gasteiger partial charge in [0, 0.05) is 26.2 Å². The number of likely N-dealkylation sites (tertiary alicyclic amines) is 2. The molecule has 3 aliphatic rings. The molecule has 1 N–H and O–H groups in total. The minimum absolute atomic E-state index is 0.134. The van der Waals surface area contributed by atoms with E-state index in [-0.39, 0.29) is 11.8 Å². The van der Waals surface area contributed by atoms with Gasteiger partial charge < -0.3 is 14.7 Å². The summed E-state index contributed by atoms with van der Waals surface area (Å²) in [6.45, 7) is 3.32. The molecule has 3 saturated heterocycles. The van der Waals surface area contributed by atoms with Crippen LogP contribution in [0.1, 0.15) is 25.7 Å². The van der Waals surface area contributed by atoms with Gasteiger partial charge in [0.1, 0.15) is 0 Å². The van der Waals surface area contributed by atoms with Gasteiger partial charge in [-0.05, 0) is 25.7 Å². The molecule has 3 heterocycles. The Balaban J connectivity index is 1.47. The molecule has 2 unspecified atom stereocenters. The zero-order valence-electron chi connectivity index (χ0n) is 11.7. The van der Waals surface area contributed by atoms with Crippen LogP contribution in [0.5, 0.6) is 0 Å². The number of carbonyl (C=O) groups excluding carboxylic acids is 1. The highest BCUT2D eigenvalue weighted by molar-refractivity contribution is 5.79. The summed E-state index contributed by atoms with van der Waals surface area (Å²) in [5.41, 5.74) is 0. The summed E-state index contributed by atoms with van der Waals surface area (Å²) in [7, 11) is 0. The van der Waals surface area contributed by atoms with Crippen LogP contribution < -0.4 is 0 Å². The molecule has 0 aliphatic carbocycles. The molecule has 112 valence electrons. The van der Waals surface area contributed by atoms with E-state index in [2.05, 4.69) is 4.90 Å². The van der Waals surface area contributed by atoms with Gasteiger partial charge in [0.05, 0.1) is 24.7 Å². The number of rotatable bonds is 3. The van der Waals surface area contributed by atoms with Gasteiger partial charge in [-0.2, -0.15) is 0 Å². The van der Waals surface area contributed by atoms with E-state index in [4.69, 9.17) is 9.84 Å². The zero-order valence-corrected chi connectivity index (χ0v) is 11.7. The number of amides is 1. The van der Waals surface area contributed by atoms with Crippen molar-refractivity contribution in [2.24, 2.45) is 5.92 Å². The lowest BCUT2D eigenvalue weighted by Gasteiger charge is -2.35. The maximum atomic E-state index is 12.3. The van der Waals surface area contributed by atoms with E-state index in [0.717, 1.165) is 25.9 Å². The van der Waals surface area contributed by atoms with Crippen molar-refractivity contribution in [3.8, 4) is 0 Å². The van der Waals surface area contributed by atoms with Crippen LogP contribution in [0.25, 0.3) is 0 Å². The number of aliphatic carboxylic acids is 1. The third-order valence-electron chi connectivity index (χ3n) is 4.67. The van der Waals surface area contributed by atoms with Crippen molar-refractivity contribution in [1.82, 2.24) is 9.80 Å². The highest BCUT2D eigenvalue weighted by Gasteiger charge is 2.35. The molecule has 0 aromatic rings. The lowest BCUT2D eigenvalue weighted by molar-refractivity contribution is -0.146. The van der Waals surface area contributed by atoms with E-state index < -0.39 is 5.97 Å². The Kier molecular flexibility index (Phi) is 3.94. The monoisotopic (exact) mass is 282 g/mol. The third kappa shape index (κ3) is 2.96. The number of carboxylic acids is 1. The van der Waals surface area contributed by atoms with E-state index in [9.17, 15) is 9.59 Å². The molecule has 0 spiro atoms. The van der Waals surface area contributed by atoms with E-state index in [0.29, 0.717) is 44.7 Å². The first-order chi connectivity index (χ1) is 9.61. The second-order valence-corrected chi connectivity index (χ2v) is 6.14. The van der Waals surface area contributed by atoms with Gasteiger partial charge in [-0.3, -0.25) is 14.5 Å². The second kappa shape index (κ2) is 5.69. The minimum atomic E-state index is -0.734. The summed E-state index contributed by atoms with van der Waals surface area (Å²) < 4.78 is 5.76. The summed E-state index contributed by atoms with van der Waals surface area (Å²) in [6, 6.07) is 0. The van der Waals surface area contributed by atoms with E-state index >= 15 is 0 Å². The van der Waals surface area contributed by atoms with Crippen molar-refractivity contribution < 1.29 is 19.4 Å². The van der Waals surface area contributed by atoms with E-state index in [1.54, 1.807) is 0 Å². The Labute approximate surface area is 118 Å². The van der Waals surface area contributed by atoms with Crippen LogP contribution in [-0.4, -0.2) is 71.7 Å². The van der Waals surface area contributed by atoms with Crippen LogP contribution >= 0.6 is 0 Å². The summed E-state index contributed by atoms with van der Waals surface area (Å²) in [6.07, 6.45) is 3.99. The zero-order chi connectivity index (χ0) is 14.1. The standard InChI is InChI=1S/C14H22N2O4/c17-13(16-5-3-10(4-6-16)14(18)19)9-15-7-11-1-2-12(8-15)20-11/h10-12H,1-9H2,(H,18,19). The Hall–Kier alpha value is -1.14. The molecule has 1 amide bonds. The number of hydrogen-bond donors (Lipinski definition) is 1. The summed E-state index contributed by atoms with van der Waals surface area (Å²) >= 11 is 0. The van der Waals surface area contributed by atoms with Crippen molar-refractivity contribution >= 4 is 11.9 Å². The number of carboxylic acid groups (broad SMARTS) is 1. The quantitative estimate of drug-likeness (QED) is 0.799. The molecular formula is C14H22N2O4. The molecular weight excluding hydrogens is 260 g/mol.